The van der Waals surface area contributed by atoms with Crippen LogP contribution >= 0.6 is 22.7 Å². The van der Waals surface area contributed by atoms with Crippen molar-refractivity contribution in [2.75, 3.05) is 6.54 Å². The van der Waals surface area contributed by atoms with Gasteiger partial charge in [-0.2, -0.15) is 0 Å². The number of nitrogens with zero attached hydrogens (tertiary/aromatic N) is 1. The number of carbonyl (C=O) groups is 1. The topological polar surface area (TPSA) is 56.0 Å². The Bertz CT molecular complexity index is 730. The molecule has 3 aromatic rings. The van der Waals surface area contributed by atoms with Crippen LogP contribution in [0.3, 0.4) is 0 Å². The minimum Gasteiger partial charge on any atom is -0.330 e. The second-order valence-corrected chi connectivity index (χ2v) is 6.00. The molecule has 0 saturated carbocycles. The van der Waals surface area contributed by atoms with Gasteiger partial charge in [-0.05, 0) is 29.4 Å². The van der Waals surface area contributed by atoms with E-state index in [2.05, 4.69) is 4.98 Å². The molecule has 19 heavy (non-hydrogen) atoms. The maximum Gasteiger partial charge on any atom is 0.213 e. The number of nitrogens with two attached hydrogens (primary N) is 1. The first-order chi connectivity index (χ1) is 9.29. The summed E-state index contributed by atoms with van der Waals surface area (Å²) in [5.41, 5.74) is 6.76. The largest absolute Gasteiger partial charge is 0.330 e. The molecule has 0 aliphatic carbocycles. The van der Waals surface area contributed by atoms with Crippen LogP contribution in [0.25, 0.3) is 10.1 Å². The van der Waals surface area contributed by atoms with E-state index in [9.17, 15) is 4.79 Å². The first kappa shape index (κ1) is 12.5. The van der Waals surface area contributed by atoms with Crippen molar-refractivity contribution in [1.29, 1.82) is 0 Å². The lowest BCUT2D eigenvalue weighted by atomic mass is 10.1. The standard InChI is InChI=1S/C14H12N2OS2/c15-6-4-12-16-11(8-19-12)13(17)10-3-1-2-9-5-7-18-14(9)10/h1-3,5,7-8H,4,6,15H2. The maximum atomic E-state index is 12.5. The van der Waals surface area contributed by atoms with E-state index in [4.69, 9.17) is 5.73 Å². The predicted molar refractivity (Wildman–Crippen MR) is 80.1 cm³/mol. The SMILES string of the molecule is NCCc1nc(C(=O)c2cccc3ccsc23)cs1. The van der Waals surface area contributed by atoms with Gasteiger partial charge < -0.3 is 5.73 Å². The third-order valence-electron chi connectivity index (χ3n) is 2.87. The molecule has 0 aliphatic heterocycles. The molecule has 3 nitrogen and oxygen atoms in total. The number of ketones is 1. The van der Waals surface area contributed by atoms with Crippen molar-refractivity contribution in [2.24, 2.45) is 5.73 Å². The van der Waals surface area contributed by atoms with E-state index in [-0.39, 0.29) is 5.78 Å². The summed E-state index contributed by atoms with van der Waals surface area (Å²) in [6.45, 7) is 0.557. The predicted octanol–water partition coefficient (Wildman–Crippen LogP) is 3.09. The fourth-order valence-corrected chi connectivity index (χ4v) is 3.67. The summed E-state index contributed by atoms with van der Waals surface area (Å²) in [5, 5.41) is 5.85. The molecule has 0 atom stereocenters. The zero-order chi connectivity index (χ0) is 13.2. The minimum atomic E-state index is -0.00688. The van der Waals surface area contributed by atoms with E-state index < -0.39 is 0 Å². The van der Waals surface area contributed by atoms with Crippen LogP contribution in [-0.4, -0.2) is 17.3 Å². The molecule has 0 bridgehead atoms. The van der Waals surface area contributed by atoms with E-state index in [0.29, 0.717) is 12.2 Å². The lowest BCUT2D eigenvalue weighted by Gasteiger charge is -1.99. The lowest BCUT2D eigenvalue weighted by Crippen LogP contribution is -2.05. The molecule has 2 heterocycles. The summed E-state index contributed by atoms with van der Waals surface area (Å²) >= 11 is 3.08. The van der Waals surface area contributed by atoms with Crippen LogP contribution in [-0.2, 0) is 6.42 Å². The fourth-order valence-electron chi connectivity index (χ4n) is 1.96. The quantitative estimate of drug-likeness (QED) is 0.751. The molecule has 2 N–H and O–H groups in total. The summed E-state index contributed by atoms with van der Waals surface area (Å²) < 4.78 is 1.03. The van der Waals surface area contributed by atoms with E-state index >= 15 is 0 Å². The Morgan fingerprint density at radius 1 is 1.26 bits per heavy atom. The Labute approximate surface area is 118 Å². The van der Waals surface area contributed by atoms with Crippen LogP contribution in [0.1, 0.15) is 21.1 Å². The molecule has 0 spiro atoms. The molecule has 2 aromatic heterocycles. The van der Waals surface area contributed by atoms with Crippen molar-refractivity contribution in [3.63, 3.8) is 0 Å². The van der Waals surface area contributed by atoms with Gasteiger partial charge in [0.1, 0.15) is 5.69 Å². The number of rotatable bonds is 4. The van der Waals surface area contributed by atoms with Crippen LogP contribution in [0.2, 0.25) is 0 Å². The first-order valence-electron chi connectivity index (χ1n) is 5.95. The third kappa shape index (κ3) is 2.32. The van der Waals surface area contributed by atoms with Gasteiger partial charge in [-0.15, -0.1) is 22.7 Å². The van der Waals surface area contributed by atoms with Crippen LogP contribution in [0.5, 0.6) is 0 Å². The molecule has 3 rings (SSSR count). The number of thiazole rings is 1. The van der Waals surface area contributed by atoms with E-state index in [1.165, 1.54) is 11.3 Å². The second-order valence-electron chi connectivity index (χ2n) is 4.14. The van der Waals surface area contributed by atoms with Gasteiger partial charge in [0, 0.05) is 22.1 Å². The number of aromatic nitrogens is 1. The smallest absolute Gasteiger partial charge is 0.213 e. The highest BCUT2D eigenvalue weighted by Gasteiger charge is 2.16. The Kier molecular flexibility index (Phi) is 3.42. The van der Waals surface area contributed by atoms with Crippen molar-refractivity contribution in [3.05, 3.63) is 51.3 Å². The number of hydrogen-bond acceptors (Lipinski definition) is 5. The Balaban J connectivity index is 2.00. The van der Waals surface area contributed by atoms with Crippen LogP contribution in [0, 0.1) is 0 Å². The lowest BCUT2D eigenvalue weighted by molar-refractivity contribution is 0.103. The zero-order valence-electron chi connectivity index (χ0n) is 10.1. The second kappa shape index (κ2) is 5.21. The van der Waals surface area contributed by atoms with Crippen molar-refractivity contribution in [3.8, 4) is 0 Å². The maximum absolute atomic E-state index is 12.5. The molecule has 1 aromatic carbocycles. The summed E-state index contributed by atoms with van der Waals surface area (Å²) in [5.74, 6) is -0.00688. The van der Waals surface area contributed by atoms with E-state index in [1.807, 2.05) is 35.0 Å². The molecule has 0 radical (unpaired) electrons. The van der Waals surface area contributed by atoms with Gasteiger partial charge in [0.25, 0.3) is 0 Å². The van der Waals surface area contributed by atoms with Crippen LogP contribution in [0.15, 0.2) is 35.0 Å². The summed E-state index contributed by atoms with van der Waals surface area (Å²) in [6, 6.07) is 7.82. The zero-order valence-corrected chi connectivity index (χ0v) is 11.8. The minimum absolute atomic E-state index is 0.00688. The van der Waals surface area contributed by atoms with Crippen molar-refractivity contribution in [2.45, 2.75) is 6.42 Å². The monoisotopic (exact) mass is 288 g/mol. The number of benzene rings is 1. The average Bonchev–Trinajstić information content (AvgIpc) is 3.06. The summed E-state index contributed by atoms with van der Waals surface area (Å²) in [6.07, 6.45) is 0.723. The highest BCUT2D eigenvalue weighted by molar-refractivity contribution is 7.17. The highest BCUT2D eigenvalue weighted by atomic mass is 32.1. The Hall–Kier alpha value is -1.56. The van der Waals surface area contributed by atoms with Gasteiger partial charge >= 0.3 is 0 Å². The number of thiophene rings is 1. The molecule has 0 fully saturated rings. The van der Waals surface area contributed by atoms with Crippen molar-refractivity contribution >= 4 is 38.5 Å². The van der Waals surface area contributed by atoms with Gasteiger partial charge in [-0.25, -0.2) is 4.98 Å². The molecular weight excluding hydrogens is 276 g/mol. The normalized spacial score (nSPS) is 11.0. The van der Waals surface area contributed by atoms with Gasteiger partial charge in [0.05, 0.1) is 5.01 Å². The summed E-state index contributed by atoms with van der Waals surface area (Å²) in [4.78, 5) is 16.9. The van der Waals surface area contributed by atoms with Gasteiger partial charge in [-0.1, -0.05) is 12.1 Å². The van der Waals surface area contributed by atoms with Crippen LogP contribution < -0.4 is 5.73 Å². The van der Waals surface area contributed by atoms with Crippen molar-refractivity contribution in [1.82, 2.24) is 4.98 Å². The number of fused-ring (bicyclic) bond motifs is 1. The highest BCUT2D eigenvalue weighted by Crippen LogP contribution is 2.26. The van der Waals surface area contributed by atoms with Gasteiger partial charge in [0.15, 0.2) is 0 Å². The Morgan fingerprint density at radius 3 is 3.00 bits per heavy atom. The number of carbonyl (C=O) groups excluding carboxylic acids is 1. The molecule has 0 unspecified atom stereocenters. The van der Waals surface area contributed by atoms with Gasteiger partial charge in [-0.3, -0.25) is 4.79 Å². The molecule has 0 amide bonds. The molecule has 96 valence electrons. The van der Waals surface area contributed by atoms with Gasteiger partial charge in [0.2, 0.25) is 5.78 Å². The van der Waals surface area contributed by atoms with Crippen LogP contribution in [0.4, 0.5) is 0 Å². The molecule has 0 saturated heterocycles. The first-order valence-corrected chi connectivity index (χ1v) is 7.71. The number of hydrogen-bond donors (Lipinski definition) is 1. The summed E-state index contributed by atoms with van der Waals surface area (Å²) in [7, 11) is 0. The molecule has 5 heteroatoms. The fraction of sp³-hybridized carbons (Fsp3) is 0.143. The van der Waals surface area contributed by atoms with Crippen molar-refractivity contribution < 1.29 is 4.79 Å². The van der Waals surface area contributed by atoms with E-state index in [1.54, 1.807) is 11.3 Å². The molecular formula is C14H12N2OS2. The molecule has 0 aliphatic rings. The third-order valence-corrected chi connectivity index (χ3v) is 4.74. The average molecular weight is 288 g/mol. The Morgan fingerprint density at radius 2 is 2.16 bits per heavy atom. The van der Waals surface area contributed by atoms with E-state index in [0.717, 1.165) is 27.1 Å².